The van der Waals surface area contributed by atoms with E-state index in [1.165, 1.54) is 0 Å². The fourth-order valence-corrected chi connectivity index (χ4v) is 4.64. The molecule has 2 heterocycles. The second kappa shape index (κ2) is 11.2. The number of sulfonamides is 1. The molecule has 1 aliphatic heterocycles. The van der Waals surface area contributed by atoms with Crippen LogP contribution in [0, 0.1) is 0 Å². The van der Waals surface area contributed by atoms with Gasteiger partial charge >= 0.3 is 0 Å². The number of aliphatic imine (C=N–C) groups is 1. The highest BCUT2D eigenvalue weighted by Crippen LogP contribution is 2.12. The van der Waals surface area contributed by atoms with Gasteiger partial charge in [-0.25, -0.2) is 17.7 Å². The third kappa shape index (κ3) is 7.19. The Bertz CT molecular complexity index is 587. The molecule has 0 radical (unpaired) electrons. The van der Waals surface area contributed by atoms with Gasteiger partial charge in [0.15, 0.2) is 5.96 Å². The van der Waals surface area contributed by atoms with Crippen molar-refractivity contribution in [1.82, 2.24) is 14.9 Å². The molecule has 0 atom stereocenters. The van der Waals surface area contributed by atoms with Crippen LogP contribution < -0.4 is 10.6 Å². The molecule has 7 nitrogen and oxygen atoms in total. The number of halogens is 1. The van der Waals surface area contributed by atoms with Crippen molar-refractivity contribution in [3.63, 3.8) is 0 Å². The van der Waals surface area contributed by atoms with E-state index in [-0.39, 0.29) is 29.7 Å². The van der Waals surface area contributed by atoms with Gasteiger partial charge in [0.05, 0.1) is 12.0 Å². The van der Waals surface area contributed by atoms with E-state index in [2.05, 4.69) is 15.6 Å². The van der Waals surface area contributed by atoms with Gasteiger partial charge in [0.25, 0.3) is 0 Å². The number of hydrogen-bond acceptors (Lipinski definition) is 5. The molecule has 24 heavy (non-hydrogen) atoms. The second-order valence-electron chi connectivity index (χ2n) is 5.03. The van der Waals surface area contributed by atoms with Crippen LogP contribution in [-0.4, -0.2) is 62.1 Å². The lowest BCUT2D eigenvalue weighted by Gasteiger charge is -2.25. The average molecular weight is 488 g/mol. The van der Waals surface area contributed by atoms with E-state index in [0.29, 0.717) is 38.7 Å². The van der Waals surface area contributed by atoms with Crippen LogP contribution in [0.4, 0.5) is 0 Å². The number of guanidine groups is 1. The monoisotopic (exact) mass is 488 g/mol. The van der Waals surface area contributed by atoms with Crippen molar-refractivity contribution in [3.8, 4) is 0 Å². The van der Waals surface area contributed by atoms with E-state index in [0.717, 1.165) is 17.3 Å². The van der Waals surface area contributed by atoms with Gasteiger partial charge in [0.1, 0.15) is 12.3 Å². The van der Waals surface area contributed by atoms with Gasteiger partial charge in [-0.2, -0.15) is 11.8 Å². The lowest BCUT2D eigenvalue weighted by atomic mass is 10.4. The van der Waals surface area contributed by atoms with Crippen LogP contribution in [0.2, 0.25) is 0 Å². The number of thioether (sulfide) groups is 1. The molecule has 0 spiro atoms. The SMILES string of the molecule is CCNC(=NCc1ccco1)NCCS(=O)(=O)N1CCSCC1.I. The van der Waals surface area contributed by atoms with Crippen molar-refractivity contribution in [2.75, 3.05) is 43.4 Å². The Kier molecular flexibility index (Phi) is 10.1. The molecule has 1 aromatic heterocycles. The summed E-state index contributed by atoms with van der Waals surface area (Å²) in [6.07, 6.45) is 1.61. The maximum atomic E-state index is 12.3. The zero-order valence-corrected chi connectivity index (χ0v) is 17.7. The van der Waals surface area contributed by atoms with Crippen LogP contribution in [0.5, 0.6) is 0 Å². The number of nitrogens with one attached hydrogen (secondary N) is 2. The molecule has 138 valence electrons. The van der Waals surface area contributed by atoms with E-state index in [1.54, 1.807) is 22.3 Å². The first-order valence-electron chi connectivity index (χ1n) is 7.72. The van der Waals surface area contributed by atoms with Crippen molar-refractivity contribution in [2.45, 2.75) is 13.5 Å². The molecule has 2 rings (SSSR count). The average Bonchev–Trinajstić information content (AvgIpc) is 3.07. The molecule has 0 unspecified atom stereocenters. The van der Waals surface area contributed by atoms with E-state index in [9.17, 15) is 8.42 Å². The summed E-state index contributed by atoms with van der Waals surface area (Å²) in [7, 11) is -3.20. The van der Waals surface area contributed by atoms with Gasteiger partial charge in [0, 0.05) is 37.7 Å². The lowest BCUT2D eigenvalue weighted by molar-refractivity contribution is 0.443. The first-order chi connectivity index (χ1) is 11.1. The molecular weight excluding hydrogens is 463 g/mol. The van der Waals surface area contributed by atoms with Crippen molar-refractivity contribution in [1.29, 1.82) is 0 Å². The fourth-order valence-electron chi connectivity index (χ4n) is 2.15. The van der Waals surface area contributed by atoms with Gasteiger partial charge in [-0.1, -0.05) is 0 Å². The van der Waals surface area contributed by atoms with Gasteiger partial charge in [0.2, 0.25) is 10.0 Å². The quantitative estimate of drug-likeness (QED) is 0.342. The molecule has 1 aliphatic rings. The number of hydrogen-bond donors (Lipinski definition) is 2. The Morgan fingerprint density at radius 2 is 2.12 bits per heavy atom. The highest BCUT2D eigenvalue weighted by Gasteiger charge is 2.23. The Hall–Kier alpha value is -0.460. The van der Waals surface area contributed by atoms with Crippen molar-refractivity contribution in [2.24, 2.45) is 4.99 Å². The first-order valence-corrected chi connectivity index (χ1v) is 10.5. The summed E-state index contributed by atoms with van der Waals surface area (Å²) in [6, 6.07) is 3.67. The molecule has 0 bridgehead atoms. The van der Waals surface area contributed by atoms with Crippen LogP contribution in [0.15, 0.2) is 27.8 Å². The number of rotatable bonds is 7. The van der Waals surface area contributed by atoms with E-state index < -0.39 is 10.0 Å². The Balaban J connectivity index is 0.00000288. The summed E-state index contributed by atoms with van der Waals surface area (Å²) >= 11 is 1.80. The molecule has 0 amide bonds. The third-order valence-corrected chi connectivity index (χ3v) is 6.15. The largest absolute Gasteiger partial charge is 0.467 e. The highest BCUT2D eigenvalue weighted by atomic mass is 127. The van der Waals surface area contributed by atoms with Crippen LogP contribution in [0.1, 0.15) is 12.7 Å². The molecule has 1 saturated heterocycles. The van der Waals surface area contributed by atoms with Crippen molar-refractivity contribution < 1.29 is 12.8 Å². The van der Waals surface area contributed by atoms with Crippen LogP contribution in [0.25, 0.3) is 0 Å². The minimum Gasteiger partial charge on any atom is -0.467 e. The Morgan fingerprint density at radius 3 is 2.75 bits per heavy atom. The minimum absolute atomic E-state index is 0. The highest BCUT2D eigenvalue weighted by molar-refractivity contribution is 14.0. The predicted octanol–water partition coefficient (Wildman–Crippen LogP) is 1.33. The molecule has 2 N–H and O–H groups in total. The molecule has 0 saturated carbocycles. The van der Waals surface area contributed by atoms with E-state index >= 15 is 0 Å². The summed E-state index contributed by atoms with van der Waals surface area (Å²) in [5, 5.41) is 6.16. The topological polar surface area (TPSA) is 86.9 Å². The number of furan rings is 1. The zero-order valence-electron chi connectivity index (χ0n) is 13.7. The van der Waals surface area contributed by atoms with Gasteiger partial charge in [-0.15, -0.1) is 24.0 Å². The second-order valence-corrected chi connectivity index (χ2v) is 8.34. The summed E-state index contributed by atoms with van der Waals surface area (Å²) in [5.41, 5.74) is 0. The molecule has 0 aliphatic carbocycles. The molecule has 1 aromatic rings. The maximum Gasteiger partial charge on any atom is 0.215 e. The zero-order chi connectivity index (χ0) is 16.5. The van der Waals surface area contributed by atoms with Gasteiger partial charge < -0.3 is 15.1 Å². The Morgan fingerprint density at radius 1 is 1.38 bits per heavy atom. The predicted molar refractivity (Wildman–Crippen MR) is 110 cm³/mol. The first kappa shape index (κ1) is 21.6. The van der Waals surface area contributed by atoms with Crippen molar-refractivity contribution >= 4 is 51.7 Å². The van der Waals surface area contributed by atoms with Gasteiger partial charge in [-0.05, 0) is 19.1 Å². The fraction of sp³-hybridized carbons (Fsp3) is 0.643. The molecule has 10 heteroatoms. The van der Waals surface area contributed by atoms with Gasteiger partial charge in [-0.3, -0.25) is 0 Å². The van der Waals surface area contributed by atoms with Crippen LogP contribution >= 0.6 is 35.7 Å². The van der Waals surface area contributed by atoms with Crippen LogP contribution in [-0.2, 0) is 16.6 Å². The lowest BCUT2D eigenvalue weighted by Crippen LogP contribution is -2.44. The Labute approximate surface area is 165 Å². The smallest absolute Gasteiger partial charge is 0.215 e. The van der Waals surface area contributed by atoms with Crippen molar-refractivity contribution in [3.05, 3.63) is 24.2 Å². The number of nitrogens with zero attached hydrogens (tertiary/aromatic N) is 2. The van der Waals surface area contributed by atoms with Crippen LogP contribution in [0.3, 0.4) is 0 Å². The van der Waals surface area contributed by atoms with E-state index in [4.69, 9.17) is 4.42 Å². The molecule has 1 fully saturated rings. The minimum atomic E-state index is -3.20. The normalized spacial score (nSPS) is 16.5. The molecular formula is C14H25IN4O3S2. The third-order valence-electron chi connectivity index (χ3n) is 3.33. The summed E-state index contributed by atoms with van der Waals surface area (Å²) in [5.74, 6) is 3.18. The van der Waals surface area contributed by atoms with E-state index in [1.807, 2.05) is 19.1 Å². The summed E-state index contributed by atoms with van der Waals surface area (Å²) < 4.78 is 31.4. The summed E-state index contributed by atoms with van der Waals surface area (Å²) in [4.78, 5) is 4.38. The standard InChI is InChI=1S/C14H24N4O3S2.HI/c1-2-15-14(17-12-13-4-3-8-21-13)16-5-11-23(19,20)18-6-9-22-10-7-18;/h3-4,8H,2,5-7,9-12H2,1H3,(H2,15,16,17);1H. The molecule has 0 aromatic carbocycles. The maximum absolute atomic E-state index is 12.3. The summed E-state index contributed by atoms with van der Waals surface area (Å²) in [6.45, 7) is 4.64.